The van der Waals surface area contributed by atoms with Crippen LogP contribution in [0.2, 0.25) is 0 Å². The Labute approximate surface area is 412 Å². The molecule has 4 aromatic heterocycles. The quantitative estimate of drug-likeness (QED) is 0.169. The third kappa shape index (κ3) is 5.84. The first kappa shape index (κ1) is 39.8. The minimum atomic E-state index is -0.814. The minimum absolute atomic E-state index is 0.485. The zero-order valence-corrected chi connectivity index (χ0v) is 38.6. The first-order valence-corrected chi connectivity index (χ1v) is 24.5. The summed E-state index contributed by atoms with van der Waals surface area (Å²) in [6.07, 6.45) is 1.86. The minimum Gasteiger partial charge on any atom is -0.455 e. The van der Waals surface area contributed by atoms with Gasteiger partial charge in [0, 0.05) is 55.5 Å². The summed E-state index contributed by atoms with van der Waals surface area (Å²) in [5, 5.41) is 2.42. The van der Waals surface area contributed by atoms with E-state index in [1.165, 1.54) is 16.3 Å². The fourth-order valence-electron chi connectivity index (χ4n) is 11.2. The monoisotopic (exact) mass is 927 g/mol. The summed E-state index contributed by atoms with van der Waals surface area (Å²) < 4.78 is 9.64. The van der Waals surface area contributed by atoms with Gasteiger partial charge < -0.3 is 14.2 Å². The van der Waals surface area contributed by atoms with Crippen molar-refractivity contribution >= 4 is 50.6 Å². The number of anilines is 3. The Hall–Kier alpha value is -9.18. The van der Waals surface area contributed by atoms with E-state index in [4.69, 9.17) is 29.7 Å². The first-order chi connectivity index (χ1) is 35.2. The maximum atomic E-state index is 7.26. The highest BCUT2D eigenvalue weighted by Gasteiger charge is 2.53. The summed E-state index contributed by atoms with van der Waals surface area (Å²) in [5.74, 6) is 3.25. The van der Waals surface area contributed by atoms with E-state index in [9.17, 15) is 0 Å². The number of nitrogens with zero attached hydrogens (tertiary/aromatic N) is 7. The summed E-state index contributed by atoms with van der Waals surface area (Å²) in [6, 6.07) is 76.4. The molecule has 3 aliphatic rings. The molecular weight excluding hydrogens is 891 g/mol. The third-order valence-corrected chi connectivity index (χ3v) is 15.3. The standard InChI is InChI=1S/C62H37N7OS/c1-4-17-38(18-5-1)59-65-60(39-19-6-2-7-20-39)67-61(66-59)48-34-32-46-56(64-48)55-45(25-16-36-63-55)62(46)44-24-11-14-28-53(44)70-57-47(62)33-35-51-58(57)71-54-29-15-13-27-50(54)69(51)41-30-31-43-42-23-10-12-26-49(42)68(52(43)37-41)40-21-8-3-9-22-40/h1-37H. The molecule has 12 aromatic rings. The largest absolute Gasteiger partial charge is 0.455 e. The van der Waals surface area contributed by atoms with Gasteiger partial charge in [0.05, 0.1) is 44.1 Å². The van der Waals surface area contributed by atoms with Crippen molar-refractivity contribution in [2.24, 2.45) is 0 Å². The van der Waals surface area contributed by atoms with Crippen LogP contribution in [0.1, 0.15) is 22.3 Å². The lowest BCUT2D eigenvalue weighted by atomic mass is 9.66. The average Bonchev–Trinajstić information content (AvgIpc) is 3.93. The smallest absolute Gasteiger partial charge is 0.182 e. The molecule has 15 rings (SSSR count). The Morgan fingerprint density at radius 1 is 0.437 bits per heavy atom. The molecule has 0 bridgehead atoms. The van der Waals surface area contributed by atoms with Crippen LogP contribution in [0.3, 0.4) is 0 Å². The summed E-state index contributed by atoms with van der Waals surface area (Å²) >= 11 is 1.76. The second-order valence-electron chi connectivity index (χ2n) is 18.0. The molecule has 8 nitrogen and oxygen atoms in total. The van der Waals surface area contributed by atoms with Crippen LogP contribution in [0, 0.1) is 0 Å². The molecule has 0 N–H and O–H groups in total. The number of benzene rings is 8. The molecule has 0 saturated heterocycles. The van der Waals surface area contributed by atoms with Crippen molar-refractivity contribution < 1.29 is 4.74 Å². The summed E-state index contributed by atoms with van der Waals surface area (Å²) in [4.78, 5) is 30.3. The van der Waals surface area contributed by atoms with Gasteiger partial charge in [-0.15, -0.1) is 0 Å². The molecule has 2 aliphatic heterocycles. The molecule has 1 unspecified atom stereocenters. The van der Waals surface area contributed by atoms with Crippen LogP contribution in [0.5, 0.6) is 11.5 Å². The van der Waals surface area contributed by atoms with E-state index in [1.807, 2.05) is 72.9 Å². The van der Waals surface area contributed by atoms with Crippen LogP contribution in [0.4, 0.5) is 17.1 Å². The molecule has 1 atom stereocenters. The summed E-state index contributed by atoms with van der Waals surface area (Å²) in [7, 11) is 0. The Bertz CT molecular complexity index is 4080. The van der Waals surface area contributed by atoms with Crippen LogP contribution in [-0.2, 0) is 5.41 Å². The second kappa shape index (κ2) is 15.4. The highest BCUT2D eigenvalue weighted by molar-refractivity contribution is 7.99. The van der Waals surface area contributed by atoms with Crippen molar-refractivity contribution in [3.05, 3.63) is 247 Å². The van der Waals surface area contributed by atoms with Gasteiger partial charge in [0.25, 0.3) is 0 Å². The molecule has 1 spiro atoms. The molecular formula is C62H37N7OS. The fourth-order valence-corrected chi connectivity index (χ4v) is 12.3. The Balaban J connectivity index is 0.939. The Kier molecular flexibility index (Phi) is 8.64. The van der Waals surface area contributed by atoms with Gasteiger partial charge in [-0.1, -0.05) is 163 Å². The normalized spacial score (nSPS) is 14.8. The van der Waals surface area contributed by atoms with Gasteiger partial charge in [-0.05, 0) is 77.9 Å². The average molecular weight is 928 g/mol. The van der Waals surface area contributed by atoms with Crippen molar-refractivity contribution in [3.63, 3.8) is 0 Å². The van der Waals surface area contributed by atoms with Crippen LogP contribution in [0.25, 0.3) is 73.2 Å². The van der Waals surface area contributed by atoms with Gasteiger partial charge in [0.2, 0.25) is 0 Å². The molecule has 332 valence electrons. The Morgan fingerprint density at radius 2 is 1.08 bits per heavy atom. The molecule has 1 aliphatic carbocycles. The van der Waals surface area contributed by atoms with Crippen molar-refractivity contribution in [1.29, 1.82) is 0 Å². The van der Waals surface area contributed by atoms with Crippen LogP contribution >= 0.6 is 11.8 Å². The lowest BCUT2D eigenvalue weighted by molar-refractivity contribution is 0.426. The molecule has 6 heterocycles. The van der Waals surface area contributed by atoms with E-state index in [1.54, 1.807) is 11.8 Å². The topological polar surface area (TPSA) is 81.9 Å². The zero-order valence-electron chi connectivity index (χ0n) is 37.8. The zero-order chi connectivity index (χ0) is 46.6. The lowest BCUT2D eigenvalue weighted by Crippen LogP contribution is -2.33. The predicted molar refractivity (Wildman–Crippen MR) is 282 cm³/mol. The molecule has 71 heavy (non-hydrogen) atoms. The van der Waals surface area contributed by atoms with Gasteiger partial charge in [-0.2, -0.15) is 0 Å². The molecule has 0 amide bonds. The Morgan fingerprint density at radius 3 is 1.90 bits per heavy atom. The second-order valence-corrected chi connectivity index (χ2v) is 19.0. The van der Waals surface area contributed by atoms with Crippen LogP contribution in [0.15, 0.2) is 234 Å². The highest BCUT2D eigenvalue weighted by atomic mass is 32.2. The van der Waals surface area contributed by atoms with E-state index < -0.39 is 5.41 Å². The van der Waals surface area contributed by atoms with Crippen LogP contribution in [-0.4, -0.2) is 29.5 Å². The van der Waals surface area contributed by atoms with E-state index in [-0.39, 0.29) is 0 Å². The molecule has 8 aromatic carbocycles. The number of pyridine rings is 2. The van der Waals surface area contributed by atoms with E-state index in [0.29, 0.717) is 23.2 Å². The number of rotatable bonds is 5. The highest BCUT2D eigenvalue weighted by Crippen LogP contribution is 2.65. The van der Waals surface area contributed by atoms with Gasteiger partial charge in [-0.25, -0.2) is 19.9 Å². The molecule has 9 heteroatoms. The van der Waals surface area contributed by atoms with Gasteiger partial charge in [0.1, 0.15) is 17.2 Å². The summed E-state index contributed by atoms with van der Waals surface area (Å²) in [6.45, 7) is 0. The maximum absolute atomic E-state index is 7.26. The lowest BCUT2D eigenvalue weighted by Gasteiger charge is -2.41. The number of fused-ring (bicyclic) bond motifs is 15. The first-order valence-electron chi connectivity index (χ1n) is 23.7. The number of para-hydroxylation sites is 4. The SMILES string of the molecule is c1ccc(-c2nc(-c3ccccc3)nc(-c3ccc4c(n3)-c3ncccc3C43c4ccccc4Oc4c3ccc3c4Sc4ccccc4N3c3ccc4c5ccccc5n(-c5ccccc5)c4c3)n2)cc1. The van der Waals surface area contributed by atoms with Crippen molar-refractivity contribution in [1.82, 2.24) is 29.5 Å². The van der Waals surface area contributed by atoms with Gasteiger partial charge in [0.15, 0.2) is 17.5 Å². The summed E-state index contributed by atoms with van der Waals surface area (Å²) in [5.41, 5.74) is 14.0. The number of ether oxygens (including phenoxy) is 1. The third-order valence-electron chi connectivity index (χ3n) is 14.2. The van der Waals surface area contributed by atoms with Crippen molar-refractivity contribution in [3.8, 4) is 62.9 Å². The number of hydrogen-bond acceptors (Lipinski definition) is 8. The maximum Gasteiger partial charge on any atom is 0.182 e. The predicted octanol–water partition coefficient (Wildman–Crippen LogP) is 15.2. The van der Waals surface area contributed by atoms with E-state index in [2.05, 4.69) is 161 Å². The van der Waals surface area contributed by atoms with Crippen LogP contribution < -0.4 is 9.64 Å². The van der Waals surface area contributed by atoms with Crippen molar-refractivity contribution in [2.45, 2.75) is 15.2 Å². The number of hydrogen-bond donors (Lipinski definition) is 0. The van der Waals surface area contributed by atoms with Gasteiger partial charge in [-0.3, -0.25) is 4.98 Å². The molecule has 0 fully saturated rings. The molecule has 0 saturated carbocycles. The molecule has 0 radical (unpaired) electrons. The number of aromatic nitrogens is 6. The van der Waals surface area contributed by atoms with E-state index >= 15 is 0 Å². The van der Waals surface area contributed by atoms with Crippen molar-refractivity contribution in [2.75, 3.05) is 4.90 Å². The van der Waals surface area contributed by atoms with Gasteiger partial charge >= 0.3 is 0 Å². The fraction of sp³-hybridized carbons (Fsp3) is 0.0161. The van der Waals surface area contributed by atoms with E-state index in [0.717, 1.165) is 94.3 Å².